The summed E-state index contributed by atoms with van der Waals surface area (Å²) < 4.78 is 24.1. The van der Waals surface area contributed by atoms with E-state index >= 15 is 0 Å². The summed E-state index contributed by atoms with van der Waals surface area (Å²) in [5.74, 6) is -0.197. The maximum Gasteiger partial charge on any atom is 0.260 e. The molecule has 0 aliphatic carbocycles. The fourth-order valence-corrected chi connectivity index (χ4v) is 5.14. The van der Waals surface area contributed by atoms with Gasteiger partial charge in [-0.1, -0.05) is 65.9 Å². The first-order valence-electron chi connectivity index (χ1n) is 9.87. The van der Waals surface area contributed by atoms with Gasteiger partial charge < -0.3 is 0 Å². The zero-order chi connectivity index (χ0) is 21.8. The molecule has 0 saturated carbocycles. The number of rotatable bonds is 7. The molecule has 4 rings (SSSR count). The van der Waals surface area contributed by atoms with Crippen molar-refractivity contribution in [2.45, 2.75) is 12.2 Å². The van der Waals surface area contributed by atoms with Crippen molar-refractivity contribution in [3.05, 3.63) is 95.6 Å². The Bertz CT molecular complexity index is 1260. The molecule has 3 aromatic carbocycles. The quantitative estimate of drug-likeness (QED) is 0.408. The van der Waals surface area contributed by atoms with Crippen LogP contribution in [0.4, 0.5) is 5.13 Å². The van der Waals surface area contributed by atoms with Gasteiger partial charge in [-0.05, 0) is 41.8 Å². The Morgan fingerprint density at radius 2 is 1.58 bits per heavy atom. The van der Waals surface area contributed by atoms with Gasteiger partial charge in [0.25, 0.3) is 5.91 Å². The number of fused-ring (bicyclic) bond motifs is 1. The molecule has 0 radical (unpaired) electrons. The number of para-hydroxylation sites is 1. The number of nitrogens with zero attached hydrogens (tertiary/aromatic N) is 2. The van der Waals surface area contributed by atoms with Gasteiger partial charge in [-0.2, -0.15) is 0 Å². The molecular weight excluding hydrogens is 428 g/mol. The highest BCUT2D eigenvalue weighted by Crippen LogP contribution is 2.30. The van der Waals surface area contributed by atoms with E-state index in [4.69, 9.17) is 0 Å². The topological polar surface area (TPSA) is 67.3 Å². The van der Waals surface area contributed by atoms with Gasteiger partial charge in [-0.3, -0.25) is 9.69 Å². The van der Waals surface area contributed by atoms with E-state index < -0.39 is 9.84 Å². The molecule has 4 aromatic rings. The van der Waals surface area contributed by atoms with Crippen LogP contribution in [0.2, 0.25) is 0 Å². The van der Waals surface area contributed by atoms with Crippen molar-refractivity contribution in [3.8, 4) is 0 Å². The largest absolute Gasteiger partial charge is 0.284 e. The van der Waals surface area contributed by atoms with Gasteiger partial charge in [0.2, 0.25) is 0 Å². The maximum absolute atomic E-state index is 13.4. The number of amides is 1. The summed E-state index contributed by atoms with van der Waals surface area (Å²) in [5.41, 5.74) is 3.17. The van der Waals surface area contributed by atoms with Crippen LogP contribution in [0.25, 0.3) is 10.2 Å². The summed E-state index contributed by atoms with van der Waals surface area (Å²) >= 11 is 1.49. The van der Waals surface area contributed by atoms with Gasteiger partial charge >= 0.3 is 0 Å². The number of benzene rings is 3. The van der Waals surface area contributed by atoms with Gasteiger partial charge in [0.15, 0.2) is 15.0 Å². The van der Waals surface area contributed by atoms with Gasteiger partial charge in [-0.25, -0.2) is 13.4 Å². The third-order valence-electron chi connectivity index (χ3n) is 4.86. The minimum Gasteiger partial charge on any atom is -0.284 e. The smallest absolute Gasteiger partial charge is 0.260 e. The van der Waals surface area contributed by atoms with Gasteiger partial charge in [0.1, 0.15) is 0 Å². The molecule has 0 bridgehead atoms. The summed E-state index contributed by atoms with van der Waals surface area (Å²) in [6, 6.07) is 24.6. The molecule has 0 N–H and O–H groups in total. The van der Waals surface area contributed by atoms with Gasteiger partial charge in [0.05, 0.1) is 16.0 Å². The standard InChI is InChI=1S/C24H22N2O3S2/c1-31(28,29)17-19-11-13-20(14-12-19)23(27)26(16-15-18-7-3-2-4-8-18)24-25-21-9-5-6-10-22(21)30-24/h2-14H,15-17H2,1H3. The molecule has 1 amide bonds. The normalized spacial score (nSPS) is 11.5. The highest BCUT2D eigenvalue weighted by Gasteiger charge is 2.21. The van der Waals surface area contributed by atoms with Crippen molar-refractivity contribution in [1.82, 2.24) is 4.98 Å². The number of anilines is 1. The number of hydrogen-bond acceptors (Lipinski definition) is 5. The van der Waals surface area contributed by atoms with Crippen LogP contribution >= 0.6 is 11.3 Å². The first-order chi connectivity index (χ1) is 14.9. The molecule has 0 atom stereocenters. The van der Waals surface area contributed by atoms with E-state index in [1.807, 2.05) is 54.6 Å². The van der Waals surface area contributed by atoms with Crippen molar-refractivity contribution >= 4 is 42.4 Å². The van der Waals surface area contributed by atoms with E-state index in [-0.39, 0.29) is 11.7 Å². The average Bonchev–Trinajstić information content (AvgIpc) is 3.18. The predicted molar refractivity (Wildman–Crippen MR) is 126 cm³/mol. The van der Waals surface area contributed by atoms with Gasteiger partial charge in [0, 0.05) is 18.4 Å². The average molecular weight is 451 g/mol. The second-order valence-electron chi connectivity index (χ2n) is 7.42. The lowest BCUT2D eigenvalue weighted by Gasteiger charge is -2.20. The van der Waals surface area contributed by atoms with Crippen LogP contribution in [0.1, 0.15) is 21.5 Å². The van der Waals surface area contributed by atoms with Crippen LogP contribution in [0.15, 0.2) is 78.9 Å². The SMILES string of the molecule is CS(=O)(=O)Cc1ccc(C(=O)N(CCc2ccccc2)c2nc3ccccc3s2)cc1. The Hall–Kier alpha value is -3.03. The highest BCUT2D eigenvalue weighted by molar-refractivity contribution is 7.89. The lowest BCUT2D eigenvalue weighted by Crippen LogP contribution is -2.32. The fourth-order valence-electron chi connectivity index (χ4n) is 3.35. The minimum absolute atomic E-state index is 0.0446. The molecule has 1 aromatic heterocycles. The summed E-state index contributed by atoms with van der Waals surface area (Å²) in [4.78, 5) is 19.8. The molecule has 7 heteroatoms. The van der Waals surface area contributed by atoms with Crippen molar-refractivity contribution < 1.29 is 13.2 Å². The van der Waals surface area contributed by atoms with Gasteiger partial charge in [-0.15, -0.1) is 0 Å². The lowest BCUT2D eigenvalue weighted by atomic mass is 10.1. The van der Waals surface area contributed by atoms with Crippen LogP contribution in [0.3, 0.4) is 0 Å². The minimum atomic E-state index is -3.13. The molecule has 0 aliphatic rings. The van der Waals surface area contributed by atoms with E-state index in [2.05, 4.69) is 4.98 Å². The molecule has 1 heterocycles. The van der Waals surface area contributed by atoms with Crippen molar-refractivity contribution in [2.24, 2.45) is 0 Å². The Labute approximate surface area is 185 Å². The number of thiazole rings is 1. The number of hydrogen-bond donors (Lipinski definition) is 0. The first kappa shape index (κ1) is 21.2. The third-order valence-corrected chi connectivity index (χ3v) is 6.77. The molecular formula is C24H22N2O3S2. The lowest BCUT2D eigenvalue weighted by molar-refractivity contribution is 0.0987. The van der Waals surface area contributed by atoms with Crippen molar-refractivity contribution in [1.29, 1.82) is 0 Å². The molecule has 31 heavy (non-hydrogen) atoms. The number of sulfone groups is 1. The van der Waals surface area contributed by atoms with Crippen molar-refractivity contribution in [3.63, 3.8) is 0 Å². The van der Waals surface area contributed by atoms with Crippen LogP contribution in [-0.2, 0) is 22.0 Å². The fraction of sp³-hybridized carbons (Fsp3) is 0.167. The highest BCUT2D eigenvalue weighted by atomic mass is 32.2. The second-order valence-corrected chi connectivity index (χ2v) is 10.6. The van der Waals surface area contributed by atoms with E-state index in [9.17, 15) is 13.2 Å². The number of aromatic nitrogens is 1. The molecule has 0 unspecified atom stereocenters. The second kappa shape index (κ2) is 8.99. The van der Waals surface area contributed by atoms with E-state index in [1.54, 1.807) is 29.2 Å². The van der Waals surface area contributed by atoms with Crippen LogP contribution in [0.5, 0.6) is 0 Å². The zero-order valence-electron chi connectivity index (χ0n) is 17.1. The Kier molecular flexibility index (Phi) is 6.15. The predicted octanol–water partition coefficient (Wildman–Crippen LogP) is 4.73. The van der Waals surface area contributed by atoms with E-state index in [0.717, 1.165) is 15.8 Å². The Morgan fingerprint density at radius 3 is 2.26 bits per heavy atom. The van der Waals surface area contributed by atoms with Crippen LogP contribution in [0, 0.1) is 0 Å². The van der Waals surface area contributed by atoms with E-state index in [1.165, 1.54) is 17.6 Å². The summed E-state index contributed by atoms with van der Waals surface area (Å²) in [7, 11) is -3.13. The molecule has 0 spiro atoms. The monoisotopic (exact) mass is 450 g/mol. The molecule has 0 fully saturated rings. The molecule has 0 saturated heterocycles. The zero-order valence-corrected chi connectivity index (χ0v) is 18.7. The Balaban J connectivity index is 1.63. The molecule has 158 valence electrons. The summed E-state index contributed by atoms with van der Waals surface area (Å²) in [5, 5.41) is 0.655. The van der Waals surface area contributed by atoms with E-state index in [0.29, 0.717) is 29.2 Å². The summed E-state index contributed by atoms with van der Waals surface area (Å²) in [6.07, 6.45) is 1.90. The Morgan fingerprint density at radius 1 is 0.903 bits per heavy atom. The molecule has 5 nitrogen and oxygen atoms in total. The number of carbonyl (C=O) groups excluding carboxylic acids is 1. The van der Waals surface area contributed by atoms with Crippen molar-refractivity contribution in [2.75, 3.05) is 17.7 Å². The molecule has 0 aliphatic heterocycles. The summed E-state index contributed by atoms with van der Waals surface area (Å²) in [6.45, 7) is 0.494. The first-order valence-corrected chi connectivity index (χ1v) is 12.7. The number of carbonyl (C=O) groups is 1. The third kappa shape index (κ3) is 5.37. The van der Waals surface area contributed by atoms with Crippen LogP contribution in [-0.4, -0.2) is 32.1 Å². The maximum atomic E-state index is 13.4. The van der Waals surface area contributed by atoms with Crippen LogP contribution < -0.4 is 4.90 Å².